The predicted molar refractivity (Wildman–Crippen MR) is 89.7 cm³/mol. The Kier molecular flexibility index (Phi) is 7.95. The number of halogens is 4. The van der Waals surface area contributed by atoms with E-state index in [1.54, 1.807) is 12.1 Å². The molecule has 0 fully saturated rings. The van der Waals surface area contributed by atoms with Gasteiger partial charge in [0.25, 0.3) is 5.91 Å². The number of benzene rings is 1. The van der Waals surface area contributed by atoms with E-state index in [2.05, 4.69) is 16.6 Å². The van der Waals surface area contributed by atoms with Gasteiger partial charge in [-0.25, -0.2) is 0 Å². The molecule has 24 heavy (non-hydrogen) atoms. The fourth-order valence-corrected chi connectivity index (χ4v) is 2.40. The summed E-state index contributed by atoms with van der Waals surface area (Å²) < 4.78 is 39.5. The number of nitrogens with one attached hydrogen (secondary N) is 2. The molecule has 0 radical (unpaired) electrons. The Morgan fingerprint density at radius 2 is 2.12 bits per heavy atom. The van der Waals surface area contributed by atoms with Crippen molar-refractivity contribution < 1.29 is 18.0 Å². The highest BCUT2D eigenvalue weighted by Crippen LogP contribution is 2.25. The number of rotatable bonds is 8. The number of carbonyl (C=O) groups is 1. The van der Waals surface area contributed by atoms with Gasteiger partial charge in [0.1, 0.15) is 0 Å². The lowest BCUT2D eigenvalue weighted by Crippen LogP contribution is -2.24. The molecule has 0 aliphatic heterocycles. The highest BCUT2D eigenvalue weighted by molar-refractivity contribution is 8.00. The third-order valence-corrected chi connectivity index (χ3v) is 3.73. The Morgan fingerprint density at radius 1 is 1.42 bits per heavy atom. The van der Waals surface area contributed by atoms with Crippen LogP contribution in [0.2, 0.25) is 5.02 Å². The summed E-state index contributed by atoms with van der Waals surface area (Å²) in [5, 5.41) is 11.1. The van der Waals surface area contributed by atoms with Crippen LogP contribution in [0.5, 0.6) is 0 Å². The normalized spacial score (nSPS) is 10.8. The molecule has 4 nitrogen and oxygen atoms in total. The number of hydrogen-bond acceptors (Lipinski definition) is 4. The zero-order chi connectivity index (χ0) is 18.2. The second-order valence-corrected chi connectivity index (χ2v) is 6.06. The summed E-state index contributed by atoms with van der Waals surface area (Å²) >= 11 is 7.11. The molecule has 1 amide bonds. The highest BCUT2D eigenvalue weighted by Gasteiger charge is 2.27. The molecule has 1 aromatic carbocycles. The molecule has 0 heterocycles. The minimum atomic E-state index is -4.31. The summed E-state index contributed by atoms with van der Waals surface area (Å²) in [4.78, 5) is 12.2. The molecule has 0 spiro atoms. The smallest absolute Gasteiger partial charge is 0.329 e. The fraction of sp³-hybridized carbons (Fsp3) is 0.333. The number of nitriles is 1. The van der Waals surface area contributed by atoms with Crippen LogP contribution in [0.25, 0.3) is 0 Å². The molecule has 0 saturated heterocycles. The highest BCUT2D eigenvalue weighted by atomic mass is 35.5. The minimum Gasteiger partial charge on any atom is -0.329 e. The molecule has 0 saturated carbocycles. The maximum atomic E-state index is 12.2. The third-order valence-electron chi connectivity index (χ3n) is 2.72. The van der Waals surface area contributed by atoms with Gasteiger partial charge in [-0.2, -0.15) is 18.4 Å². The number of hydrogen-bond donors (Lipinski definition) is 2. The van der Waals surface area contributed by atoms with Crippen molar-refractivity contribution in [2.45, 2.75) is 25.4 Å². The van der Waals surface area contributed by atoms with Crippen molar-refractivity contribution in [3.05, 3.63) is 41.1 Å². The fourth-order valence-electron chi connectivity index (χ4n) is 1.60. The first-order chi connectivity index (χ1) is 11.2. The Morgan fingerprint density at radius 3 is 2.75 bits per heavy atom. The van der Waals surface area contributed by atoms with Crippen LogP contribution in [0.3, 0.4) is 0 Å². The molecule has 0 bridgehead atoms. The van der Waals surface area contributed by atoms with E-state index in [9.17, 15) is 18.0 Å². The van der Waals surface area contributed by atoms with Gasteiger partial charge in [-0.15, -0.1) is 0 Å². The Labute approximate surface area is 147 Å². The molecule has 1 aromatic rings. The van der Waals surface area contributed by atoms with Gasteiger partial charge in [-0.1, -0.05) is 30.1 Å². The van der Waals surface area contributed by atoms with Crippen LogP contribution in [-0.4, -0.2) is 17.8 Å². The molecular formula is C15H15ClF3N3OS. The van der Waals surface area contributed by atoms with Gasteiger partial charge in [0, 0.05) is 29.3 Å². The van der Waals surface area contributed by atoms with Crippen LogP contribution in [0, 0.1) is 11.3 Å². The topological polar surface area (TPSA) is 64.9 Å². The number of alkyl halides is 3. The molecule has 0 aromatic heterocycles. The molecule has 130 valence electrons. The summed E-state index contributed by atoms with van der Waals surface area (Å²) in [6.45, 7) is 3.44. The van der Waals surface area contributed by atoms with Gasteiger partial charge in [-0.05, 0) is 24.6 Å². The Bertz CT molecular complexity index is 644. The lowest BCUT2D eigenvalue weighted by molar-refractivity contribution is -0.134. The van der Waals surface area contributed by atoms with Crippen LogP contribution >= 0.6 is 23.5 Å². The molecule has 0 atom stereocenters. The molecule has 2 N–H and O–H groups in total. The van der Waals surface area contributed by atoms with Crippen molar-refractivity contribution in [3.8, 4) is 6.07 Å². The van der Waals surface area contributed by atoms with Gasteiger partial charge in [-0.3, -0.25) is 4.79 Å². The minimum absolute atomic E-state index is 0.0274. The SMILES string of the molecule is C=C(CCC(F)(F)F)NC(=O)c1cc(Cl)ccc1NSCCC#N. The van der Waals surface area contributed by atoms with Gasteiger partial charge in [0.15, 0.2) is 0 Å². The van der Waals surface area contributed by atoms with Crippen LogP contribution in [0.4, 0.5) is 18.9 Å². The van der Waals surface area contributed by atoms with Gasteiger partial charge in [0.2, 0.25) is 0 Å². The number of nitrogens with zero attached hydrogens (tertiary/aromatic N) is 1. The van der Waals surface area contributed by atoms with Gasteiger partial charge >= 0.3 is 6.18 Å². The number of allylic oxidation sites excluding steroid dienone is 1. The first-order valence-corrected chi connectivity index (χ1v) is 8.19. The quantitative estimate of drug-likeness (QED) is 0.499. The first kappa shape index (κ1) is 20.2. The summed E-state index contributed by atoms with van der Waals surface area (Å²) in [6.07, 6.45) is -5.43. The van der Waals surface area contributed by atoms with E-state index in [1.165, 1.54) is 18.0 Å². The second kappa shape index (κ2) is 9.45. The van der Waals surface area contributed by atoms with E-state index >= 15 is 0 Å². The lowest BCUT2D eigenvalue weighted by atomic mass is 10.1. The van der Waals surface area contributed by atoms with E-state index in [0.717, 1.165) is 0 Å². The van der Waals surface area contributed by atoms with E-state index in [-0.39, 0.29) is 11.3 Å². The van der Waals surface area contributed by atoms with Crippen LogP contribution < -0.4 is 10.0 Å². The van der Waals surface area contributed by atoms with Crippen molar-refractivity contribution in [1.29, 1.82) is 5.26 Å². The average molecular weight is 378 g/mol. The zero-order valence-electron chi connectivity index (χ0n) is 12.5. The maximum absolute atomic E-state index is 12.2. The molecule has 0 unspecified atom stereocenters. The largest absolute Gasteiger partial charge is 0.389 e. The number of amides is 1. The number of anilines is 1. The maximum Gasteiger partial charge on any atom is 0.389 e. The molecular weight excluding hydrogens is 363 g/mol. The summed E-state index contributed by atoms with van der Waals surface area (Å²) in [6, 6.07) is 6.54. The van der Waals surface area contributed by atoms with Gasteiger partial charge < -0.3 is 10.0 Å². The van der Waals surface area contributed by atoms with E-state index in [1.807, 2.05) is 6.07 Å². The average Bonchev–Trinajstić information content (AvgIpc) is 2.50. The standard InChI is InChI=1S/C15H15ClF3N3OS/c1-10(5-6-15(17,18)19)21-14(23)12-9-11(16)3-4-13(12)22-24-8-2-7-20/h3-4,9,22H,1-2,5-6,8H2,(H,21,23). The molecule has 1 rings (SSSR count). The number of carbonyl (C=O) groups excluding carboxylic acids is 1. The lowest BCUT2D eigenvalue weighted by Gasteiger charge is -2.13. The van der Waals surface area contributed by atoms with Crippen molar-refractivity contribution in [2.24, 2.45) is 0 Å². The Balaban J connectivity index is 2.72. The monoisotopic (exact) mass is 377 g/mol. The van der Waals surface area contributed by atoms with E-state index in [4.69, 9.17) is 16.9 Å². The summed E-state index contributed by atoms with van der Waals surface area (Å²) in [7, 11) is 0. The van der Waals surface area contributed by atoms with Gasteiger partial charge in [0.05, 0.1) is 17.3 Å². The summed E-state index contributed by atoms with van der Waals surface area (Å²) in [5.74, 6) is -0.0913. The summed E-state index contributed by atoms with van der Waals surface area (Å²) in [5.41, 5.74) is 0.601. The first-order valence-electron chi connectivity index (χ1n) is 6.83. The van der Waals surface area contributed by atoms with Crippen molar-refractivity contribution >= 4 is 35.1 Å². The second-order valence-electron chi connectivity index (χ2n) is 4.72. The molecule has 9 heteroatoms. The van der Waals surface area contributed by atoms with Crippen LogP contribution in [0.1, 0.15) is 29.6 Å². The Hall–Kier alpha value is -1.85. The third kappa shape index (κ3) is 7.62. The van der Waals surface area contributed by atoms with E-state index < -0.39 is 24.9 Å². The molecule has 0 aliphatic rings. The van der Waals surface area contributed by atoms with Crippen LogP contribution in [0.15, 0.2) is 30.5 Å². The van der Waals surface area contributed by atoms with Crippen molar-refractivity contribution in [3.63, 3.8) is 0 Å². The zero-order valence-corrected chi connectivity index (χ0v) is 14.1. The predicted octanol–water partition coefficient (Wildman–Crippen LogP) is 4.90. The molecule has 0 aliphatic carbocycles. The van der Waals surface area contributed by atoms with Crippen molar-refractivity contribution in [1.82, 2.24) is 5.32 Å². The van der Waals surface area contributed by atoms with Crippen LogP contribution in [-0.2, 0) is 0 Å². The van der Waals surface area contributed by atoms with Crippen molar-refractivity contribution in [2.75, 3.05) is 10.5 Å². The van der Waals surface area contributed by atoms with E-state index in [0.29, 0.717) is 22.9 Å².